The Labute approximate surface area is 113 Å². The van der Waals surface area contributed by atoms with E-state index < -0.39 is 0 Å². The fourth-order valence-electron chi connectivity index (χ4n) is 1.76. The smallest absolute Gasteiger partial charge is 0.253 e. The Hall–Kier alpha value is -2.04. The van der Waals surface area contributed by atoms with E-state index in [-0.39, 0.29) is 17.8 Å². The van der Waals surface area contributed by atoms with Gasteiger partial charge in [-0.2, -0.15) is 0 Å². The molecule has 0 aromatic heterocycles. The largest absolute Gasteiger partial charge is 0.409 e. The highest BCUT2D eigenvalue weighted by Crippen LogP contribution is 2.13. The second kappa shape index (κ2) is 6.22. The lowest BCUT2D eigenvalue weighted by molar-refractivity contribution is 0.0747. The van der Waals surface area contributed by atoms with Gasteiger partial charge < -0.3 is 15.8 Å². The first kappa shape index (κ1) is 15.0. The van der Waals surface area contributed by atoms with Gasteiger partial charge in [0.05, 0.1) is 0 Å². The minimum Gasteiger partial charge on any atom is -0.409 e. The summed E-state index contributed by atoms with van der Waals surface area (Å²) in [6, 6.07) is 5.50. The number of carbonyl (C=O) groups is 1. The highest BCUT2D eigenvalue weighted by molar-refractivity contribution is 5.95. The van der Waals surface area contributed by atoms with Crippen molar-refractivity contribution in [3.05, 3.63) is 34.9 Å². The normalized spacial score (nSPS) is 13.2. The van der Waals surface area contributed by atoms with Gasteiger partial charge in [0.1, 0.15) is 5.84 Å². The van der Waals surface area contributed by atoms with Crippen LogP contribution in [0.2, 0.25) is 0 Å². The average Bonchev–Trinajstić information content (AvgIpc) is 2.39. The summed E-state index contributed by atoms with van der Waals surface area (Å²) in [5.41, 5.74) is 8.35. The number of amidine groups is 1. The molecule has 5 heteroatoms. The zero-order chi connectivity index (χ0) is 14.6. The first-order valence-corrected chi connectivity index (χ1v) is 6.17. The molecule has 0 saturated heterocycles. The zero-order valence-corrected chi connectivity index (χ0v) is 11.8. The van der Waals surface area contributed by atoms with Gasteiger partial charge in [0, 0.05) is 25.1 Å². The molecule has 0 fully saturated rings. The van der Waals surface area contributed by atoms with E-state index >= 15 is 0 Å². The monoisotopic (exact) mass is 263 g/mol. The quantitative estimate of drug-likeness (QED) is 0.377. The number of aryl methyl sites for hydroxylation is 2. The molecule has 0 saturated carbocycles. The van der Waals surface area contributed by atoms with E-state index in [1.54, 1.807) is 11.9 Å². The van der Waals surface area contributed by atoms with Gasteiger partial charge in [-0.15, -0.1) is 0 Å². The third kappa shape index (κ3) is 3.71. The van der Waals surface area contributed by atoms with Gasteiger partial charge in [-0.3, -0.25) is 4.79 Å². The minimum atomic E-state index is -0.134. The number of rotatable bonds is 4. The molecular formula is C14H21N3O2. The maximum absolute atomic E-state index is 12.3. The van der Waals surface area contributed by atoms with E-state index in [4.69, 9.17) is 10.9 Å². The third-order valence-corrected chi connectivity index (χ3v) is 3.37. The van der Waals surface area contributed by atoms with Crippen molar-refractivity contribution in [2.45, 2.75) is 33.2 Å². The van der Waals surface area contributed by atoms with Crippen molar-refractivity contribution in [2.75, 3.05) is 7.05 Å². The van der Waals surface area contributed by atoms with E-state index in [1.165, 1.54) is 0 Å². The first-order valence-electron chi connectivity index (χ1n) is 6.17. The average molecular weight is 263 g/mol. The molecule has 0 aliphatic carbocycles. The summed E-state index contributed by atoms with van der Waals surface area (Å²) in [4.78, 5) is 13.9. The van der Waals surface area contributed by atoms with Crippen LogP contribution < -0.4 is 5.73 Å². The fraction of sp³-hybridized carbons (Fsp3) is 0.429. The van der Waals surface area contributed by atoms with E-state index in [9.17, 15) is 4.79 Å². The molecule has 19 heavy (non-hydrogen) atoms. The van der Waals surface area contributed by atoms with Crippen LogP contribution in [0.15, 0.2) is 23.4 Å². The molecule has 1 unspecified atom stereocenters. The Balaban J connectivity index is 2.84. The van der Waals surface area contributed by atoms with Gasteiger partial charge in [0.25, 0.3) is 5.91 Å². The van der Waals surface area contributed by atoms with Gasteiger partial charge in [-0.25, -0.2) is 0 Å². The molecule has 1 aromatic carbocycles. The predicted octanol–water partition coefficient (Wildman–Crippen LogP) is 1.90. The number of nitrogens with zero attached hydrogens (tertiary/aromatic N) is 2. The first-order chi connectivity index (χ1) is 8.86. The second-order valence-electron chi connectivity index (χ2n) is 4.86. The number of hydrogen-bond donors (Lipinski definition) is 2. The summed E-state index contributed by atoms with van der Waals surface area (Å²) in [5.74, 6) is 0.0496. The van der Waals surface area contributed by atoms with Gasteiger partial charge in [0.2, 0.25) is 0 Å². The van der Waals surface area contributed by atoms with Crippen molar-refractivity contribution < 1.29 is 10.0 Å². The van der Waals surface area contributed by atoms with Crippen LogP contribution in [-0.2, 0) is 0 Å². The Morgan fingerprint density at radius 1 is 1.42 bits per heavy atom. The Morgan fingerprint density at radius 2 is 2.05 bits per heavy atom. The van der Waals surface area contributed by atoms with Crippen molar-refractivity contribution in [1.29, 1.82) is 0 Å². The van der Waals surface area contributed by atoms with E-state index in [0.717, 1.165) is 11.1 Å². The Morgan fingerprint density at radius 3 is 2.58 bits per heavy atom. The lowest BCUT2D eigenvalue weighted by Gasteiger charge is -2.24. The molecule has 0 spiro atoms. The summed E-state index contributed by atoms with van der Waals surface area (Å²) in [5, 5.41) is 11.5. The molecule has 0 aliphatic heterocycles. The molecule has 1 rings (SSSR count). The molecule has 1 amide bonds. The SMILES string of the molecule is Cc1ccc(C(=O)N(C)C(C)CC(N)=NO)cc1C. The van der Waals surface area contributed by atoms with Crippen molar-refractivity contribution in [3.63, 3.8) is 0 Å². The topological polar surface area (TPSA) is 78.9 Å². The molecule has 3 N–H and O–H groups in total. The zero-order valence-electron chi connectivity index (χ0n) is 11.8. The highest BCUT2D eigenvalue weighted by atomic mass is 16.4. The van der Waals surface area contributed by atoms with Gasteiger partial charge >= 0.3 is 0 Å². The Kier molecular flexibility index (Phi) is 4.92. The number of nitrogens with two attached hydrogens (primary N) is 1. The molecule has 1 atom stereocenters. The highest BCUT2D eigenvalue weighted by Gasteiger charge is 2.18. The molecule has 0 aliphatic rings. The standard InChI is InChI=1S/C14H21N3O2/c1-9-5-6-12(7-10(9)2)14(18)17(4)11(3)8-13(15)16-19/h5-7,11,19H,8H2,1-4H3,(H2,15,16). The fourth-order valence-corrected chi connectivity index (χ4v) is 1.76. The summed E-state index contributed by atoms with van der Waals surface area (Å²) in [6.07, 6.45) is 0.337. The number of benzene rings is 1. The van der Waals surface area contributed by atoms with Crippen LogP contribution >= 0.6 is 0 Å². The molecule has 1 aromatic rings. The summed E-state index contributed by atoms with van der Waals surface area (Å²) < 4.78 is 0. The number of amides is 1. The van der Waals surface area contributed by atoms with Crippen LogP contribution in [0.5, 0.6) is 0 Å². The van der Waals surface area contributed by atoms with Crippen molar-refractivity contribution in [2.24, 2.45) is 10.9 Å². The molecule has 0 radical (unpaired) electrons. The van der Waals surface area contributed by atoms with Crippen LogP contribution in [0, 0.1) is 13.8 Å². The van der Waals surface area contributed by atoms with Crippen LogP contribution in [-0.4, -0.2) is 34.9 Å². The summed E-state index contributed by atoms with van der Waals surface area (Å²) >= 11 is 0. The van der Waals surface area contributed by atoms with E-state index in [2.05, 4.69) is 5.16 Å². The van der Waals surface area contributed by atoms with Crippen LogP contribution in [0.1, 0.15) is 34.8 Å². The maximum Gasteiger partial charge on any atom is 0.253 e. The lowest BCUT2D eigenvalue weighted by atomic mass is 10.0. The molecule has 5 nitrogen and oxygen atoms in total. The third-order valence-electron chi connectivity index (χ3n) is 3.37. The molecule has 104 valence electrons. The van der Waals surface area contributed by atoms with Gasteiger partial charge in [-0.05, 0) is 44.0 Å². The van der Waals surface area contributed by atoms with Gasteiger partial charge in [0.15, 0.2) is 0 Å². The Bertz CT molecular complexity index is 497. The predicted molar refractivity (Wildman–Crippen MR) is 75.5 cm³/mol. The lowest BCUT2D eigenvalue weighted by Crippen LogP contribution is -2.37. The van der Waals surface area contributed by atoms with Crippen LogP contribution in [0.3, 0.4) is 0 Å². The second-order valence-corrected chi connectivity index (χ2v) is 4.86. The summed E-state index contributed by atoms with van der Waals surface area (Å²) in [7, 11) is 1.72. The van der Waals surface area contributed by atoms with Gasteiger partial charge in [-0.1, -0.05) is 11.2 Å². The van der Waals surface area contributed by atoms with E-state index in [0.29, 0.717) is 12.0 Å². The number of oxime groups is 1. The number of carbonyl (C=O) groups excluding carboxylic acids is 1. The maximum atomic E-state index is 12.3. The van der Waals surface area contributed by atoms with Crippen molar-refractivity contribution >= 4 is 11.7 Å². The molecular weight excluding hydrogens is 242 g/mol. The van der Waals surface area contributed by atoms with Crippen molar-refractivity contribution in [1.82, 2.24) is 4.90 Å². The minimum absolute atomic E-state index is 0.0682. The van der Waals surface area contributed by atoms with E-state index in [1.807, 2.05) is 39.0 Å². The van der Waals surface area contributed by atoms with Crippen LogP contribution in [0.25, 0.3) is 0 Å². The van der Waals surface area contributed by atoms with Crippen molar-refractivity contribution in [3.8, 4) is 0 Å². The molecule has 0 bridgehead atoms. The summed E-state index contributed by atoms with van der Waals surface area (Å²) in [6.45, 7) is 5.84. The van der Waals surface area contributed by atoms with Crippen LogP contribution in [0.4, 0.5) is 0 Å². The molecule has 0 heterocycles. The number of hydrogen-bond acceptors (Lipinski definition) is 3.